The predicted molar refractivity (Wildman–Crippen MR) is 133 cm³/mol. The molecule has 1 aromatic heterocycles. The number of amides is 2. The van der Waals surface area contributed by atoms with Crippen LogP contribution < -0.4 is 14.8 Å². The molecule has 0 bridgehead atoms. The fraction of sp³-hybridized carbons (Fsp3) is 0.370. The average Bonchev–Trinajstić information content (AvgIpc) is 3.62. The van der Waals surface area contributed by atoms with Crippen molar-refractivity contribution >= 4 is 11.8 Å². The van der Waals surface area contributed by atoms with E-state index >= 15 is 0 Å². The molecule has 1 atom stereocenters. The summed E-state index contributed by atoms with van der Waals surface area (Å²) in [5.74, 6) is 1.11. The van der Waals surface area contributed by atoms with Gasteiger partial charge in [-0.05, 0) is 36.6 Å². The van der Waals surface area contributed by atoms with E-state index in [0.717, 1.165) is 25.0 Å². The lowest BCUT2D eigenvalue weighted by molar-refractivity contribution is -0.121. The van der Waals surface area contributed by atoms with Gasteiger partial charge in [-0.15, -0.1) is 0 Å². The summed E-state index contributed by atoms with van der Waals surface area (Å²) >= 11 is 0. The first-order valence-electron chi connectivity index (χ1n) is 12.0. The zero-order valence-electron chi connectivity index (χ0n) is 20.6. The fourth-order valence-corrected chi connectivity index (χ4v) is 4.09. The smallest absolute Gasteiger partial charge is 0.276 e. The molecule has 1 saturated heterocycles. The third kappa shape index (κ3) is 6.42. The minimum absolute atomic E-state index is 0.0677. The lowest BCUT2D eigenvalue weighted by Crippen LogP contribution is -2.37. The van der Waals surface area contributed by atoms with E-state index in [-0.39, 0.29) is 36.6 Å². The van der Waals surface area contributed by atoms with Gasteiger partial charge in [0.2, 0.25) is 5.91 Å². The summed E-state index contributed by atoms with van der Waals surface area (Å²) in [5.41, 5.74) is 1.71. The Bertz CT molecular complexity index is 1160. The highest BCUT2D eigenvalue weighted by Gasteiger charge is 2.23. The summed E-state index contributed by atoms with van der Waals surface area (Å²) in [6.45, 7) is 1.79. The summed E-state index contributed by atoms with van der Waals surface area (Å²) < 4.78 is 21.8. The first kappa shape index (κ1) is 25.2. The van der Waals surface area contributed by atoms with E-state index < -0.39 is 0 Å². The van der Waals surface area contributed by atoms with Gasteiger partial charge >= 0.3 is 0 Å². The van der Waals surface area contributed by atoms with E-state index in [1.165, 1.54) is 0 Å². The Balaban J connectivity index is 1.48. The maximum absolute atomic E-state index is 13.4. The first-order chi connectivity index (χ1) is 17.6. The van der Waals surface area contributed by atoms with Crippen LogP contribution in [0.3, 0.4) is 0 Å². The number of aromatic nitrogens is 1. The molecule has 0 spiro atoms. The molecule has 1 aliphatic heterocycles. The summed E-state index contributed by atoms with van der Waals surface area (Å²) in [5, 5.41) is 6.93. The minimum Gasteiger partial charge on any atom is -0.497 e. The largest absolute Gasteiger partial charge is 0.497 e. The van der Waals surface area contributed by atoms with E-state index in [2.05, 4.69) is 10.5 Å². The van der Waals surface area contributed by atoms with Crippen LogP contribution in [0.4, 0.5) is 0 Å². The monoisotopic (exact) mass is 493 g/mol. The highest BCUT2D eigenvalue weighted by molar-refractivity contribution is 5.93. The van der Waals surface area contributed by atoms with Crippen molar-refractivity contribution in [3.8, 4) is 22.8 Å². The van der Waals surface area contributed by atoms with Gasteiger partial charge in [0, 0.05) is 38.7 Å². The number of ether oxygens (including phenoxy) is 3. The van der Waals surface area contributed by atoms with Crippen LogP contribution in [-0.2, 0) is 16.1 Å². The fourth-order valence-electron chi connectivity index (χ4n) is 4.09. The molecule has 9 heteroatoms. The van der Waals surface area contributed by atoms with Gasteiger partial charge in [-0.25, -0.2) is 0 Å². The van der Waals surface area contributed by atoms with Crippen LogP contribution >= 0.6 is 0 Å². The van der Waals surface area contributed by atoms with Gasteiger partial charge in [0.1, 0.15) is 11.5 Å². The van der Waals surface area contributed by atoms with Gasteiger partial charge in [0.05, 0.1) is 25.9 Å². The molecule has 4 rings (SSSR count). The normalized spacial score (nSPS) is 14.9. The molecule has 9 nitrogen and oxygen atoms in total. The van der Waals surface area contributed by atoms with E-state index in [0.29, 0.717) is 35.9 Å². The number of nitrogens with one attached hydrogen (secondary N) is 1. The van der Waals surface area contributed by atoms with E-state index in [1.807, 2.05) is 30.3 Å². The van der Waals surface area contributed by atoms with Crippen molar-refractivity contribution < 1.29 is 28.3 Å². The Morgan fingerprint density at radius 3 is 2.67 bits per heavy atom. The van der Waals surface area contributed by atoms with Crippen LogP contribution in [0.25, 0.3) is 11.3 Å². The number of rotatable bonds is 11. The summed E-state index contributed by atoms with van der Waals surface area (Å²) in [6.07, 6.45) is 2.20. The van der Waals surface area contributed by atoms with Crippen molar-refractivity contribution in [1.29, 1.82) is 0 Å². The van der Waals surface area contributed by atoms with Crippen molar-refractivity contribution in [3.63, 3.8) is 0 Å². The average molecular weight is 494 g/mol. The molecule has 1 unspecified atom stereocenters. The second-order valence-electron chi connectivity index (χ2n) is 8.54. The Kier molecular flexibility index (Phi) is 8.57. The Hall–Kier alpha value is -3.85. The van der Waals surface area contributed by atoms with Gasteiger partial charge in [-0.3, -0.25) is 9.59 Å². The van der Waals surface area contributed by atoms with Crippen LogP contribution in [0.15, 0.2) is 59.1 Å². The standard InChI is InChI=1S/C27H31N3O6/c1-33-20-10-11-24(34-2)22(15-20)25-16-23(29-36-25)27(32)30(18-19-7-4-3-5-8-19)13-12-26(31)28-17-21-9-6-14-35-21/h3-5,7-8,10-11,15-16,21H,6,9,12-14,17-18H2,1-2H3,(H,28,31). The maximum atomic E-state index is 13.4. The van der Waals surface area contributed by atoms with Crippen LogP contribution in [0.5, 0.6) is 11.5 Å². The highest BCUT2D eigenvalue weighted by atomic mass is 16.5. The molecule has 1 fully saturated rings. The van der Waals surface area contributed by atoms with Gasteiger partial charge in [-0.2, -0.15) is 0 Å². The molecule has 1 N–H and O–H groups in total. The second-order valence-corrected chi connectivity index (χ2v) is 8.54. The van der Waals surface area contributed by atoms with Crippen molar-refractivity contribution in [3.05, 3.63) is 65.9 Å². The highest BCUT2D eigenvalue weighted by Crippen LogP contribution is 2.34. The van der Waals surface area contributed by atoms with Crippen LogP contribution in [0.2, 0.25) is 0 Å². The number of carbonyl (C=O) groups is 2. The quantitative estimate of drug-likeness (QED) is 0.435. The molecule has 3 aromatic rings. The molecule has 2 amide bonds. The zero-order valence-corrected chi connectivity index (χ0v) is 20.6. The number of hydrogen-bond donors (Lipinski definition) is 1. The van der Waals surface area contributed by atoms with Gasteiger partial charge in [0.15, 0.2) is 11.5 Å². The second kappa shape index (κ2) is 12.2. The van der Waals surface area contributed by atoms with Crippen molar-refractivity contribution in [2.24, 2.45) is 0 Å². The Labute approximate surface area is 210 Å². The minimum atomic E-state index is -0.331. The molecule has 1 aliphatic rings. The third-order valence-corrected chi connectivity index (χ3v) is 6.06. The number of carbonyl (C=O) groups excluding carboxylic acids is 2. The third-order valence-electron chi connectivity index (χ3n) is 6.06. The Morgan fingerprint density at radius 2 is 1.94 bits per heavy atom. The van der Waals surface area contributed by atoms with Crippen molar-refractivity contribution in [2.75, 3.05) is 33.9 Å². The summed E-state index contributed by atoms with van der Waals surface area (Å²) in [4.78, 5) is 27.5. The molecule has 2 heterocycles. The van der Waals surface area contributed by atoms with Crippen molar-refractivity contribution in [1.82, 2.24) is 15.4 Å². The molecule has 2 aromatic carbocycles. The zero-order chi connectivity index (χ0) is 25.3. The Morgan fingerprint density at radius 1 is 1.11 bits per heavy atom. The molecule has 190 valence electrons. The number of methoxy groups -OCH3 is 2. The van der Waals surface area contributed by atoms with Crippen molar-refractivity contribution in [2.45, 2.75) is 31.9 Å². The lowest BCUT2D eigenvalue weighted by Gasteiger charge is -2.22. The molecule has 0 aliphatic carbocycles. The number of nitrogens with zero attached hydrogens (tertiary/aromatic N) is 2. The molecule has 0 radical (unpaired) electrons. The van der Waals surface area contributed by atoms with E-state index in [1.54, 1.807) is 43.4 Å². The predicted octanol–water partition coefficient (Wildman–Crippen LogP) is 3.69. The van der Waals surface area contributed by atoms with E-state index in [9.17, 15) is 9.59 Å². The molecular formula is C27H31N3O6. The number of benzene rings is 2. The van der Waals surface area contributed by atoms with E-state index in [4.69, 9.17) is 18.7 Å². The molecule has 36 heavy (non-hydrogen) atoms. The lowest BCUT2D eigenvalue weighted by atomic mass is 10.1. The maximum Gasteiger partial charge on any atom is 0.276 e. The molecule has 0 saturated carbocycles. The SMILES string of the molecule is COc1ccc(OC)c(-c2cc(C(=O)N(CCC(=O)NCC3CCCO3)Cc3ccccc3)no2)c1. The van der Waals surface area contributed by atoms with Crippen LogP contribution in [0.1, 0.15) is 35.3 Å². The summed E-state index contributed by atoms with van der Waals surface area (Å²) in [6, 6.07) is 16.5. The summed E-state index contributed by atoms with van der Waals surface area (Å²) in [7, 11) is 3.12. The number of hydrogen-bond acceptors (Lipinski definition) is 7. The van der Waals surface area contributed by atoms with Crippen LogP contribution in [0, 0.1) is 0 Å². The van der Waals surface area contributed by atoms with Gasteiger partial charge < -0.3 is 29.0 Å². The van der Waals surface area contributed by atoms with Gasteiger partial charge in [-0.1, -0.05) is 35.5 Å². The molecular weight excluding hydrogens is 462 g/mol. The first-order valence-corrected chi connectivity index (χ1v) is 12.0. The van der Waals surface area contributed by atoms with Gasteiger partial charge in [0.25, 0.3) is 5.91 Å². The topological polar surface area (TPSA) is 103 Å². The van der Waals surface area contributed by atoms with Crippen LogP contribution in [-0.4, -0.2) is 61.9 Å².